The van der Waals surface area contributed by atoms with Crippen LogP contribution >= 0.6 is 35.2 Å². The van der Waals surface area contributed by atoms with Gasteiger partial charge in [-0.1, -0.05) is 13.8 Å². The number of phosphoric ester groups is 3. The number of carbonyl (C=O) groups is 3. The van der Waals surface area contributed by atoms with Crippen LogP contribution in [-0.2, 0) is 50.7 Å². The van der Waals surface area contributed by atoms with Gasteiger partial charge in [-0.25, -0.2) is 28.6 Å². The Labute approximate surface area is 315 Å². The molecule has 2 aromatic rings. The number of ether oxygens (including phenoxy) is 1. The van der Waals surface area contributed by atoms with E-state index < -0.39 is 96.0 Å². The van der Waals surface area contributed by atoms with Gasteiger partial charge in [-0.2, -0.15) is 4.31 Å². The van der Waals surface area contributed by atoms with Gasteiger partial charge in [0.1, 0.15) is 36.3 Å². The molecule has 3 unspecified atom stereocenters. The molecule has 8 atom stereocenters. The second kappa shape index (κ2) is 19.7. The second-order valence-corrected chi connectivity index (χ2v) is 17.8. The number of nitrogens with zero attached hydrogens (tertiary/aromatic N) is 4. The van der Waals surface area contributed by atoms with Gasteiger partial charge in [0, 0.05) is 37.1 Å². The molecule has 0 aromatic carbocycles. The summed E-state index contributed by atoms with van der Waals surface area (Å²) in [5.74, 6) is -2.31. The highest BCUT2D eigenvalue weighted by Gasteiger charge is 2.50. The summed E-state index contributed by atoms with van der Waals surface area (Å²) < 4.78 is 61.9. The molecule has 12 N–H and O–H groups in total. The second-order valence-electron chi connectivity index (χ2n) is 12.3. The molecule has 3 rings (SSSR count). The van der Waals surface area contributed by atoms with Crippen LogP contribution in [0.3, 0.4) is 0 Å². The largest absolute Gasteiger partial charge is 0.481 e. The summed E-state index contributed by atoms with van der Waals surface area (Å²) >= 11 is 1.04. The lowest BCUT2D eigenvalue weighted by Gasteiger charge is -2.30. The number of aromatic nitrogens is 4. The maximum Gasteiger partial charge on any atom is 0.481 e. The predicted octanol–water partition coefficient (Wildman–Crippen LogP) is -1.68. The van der Waals surface area contributed by atoms with Gasteiger partial charge in [-0.05, 0) is 6.42 Å². The van der Waals surface area contributed by atoms with Crippen molar-refractivity contribution in [1.29, 1.82) is 0 Å². The molecule has 26 nitrogen and oxygen atoms in total. The summed E-state index contributed by atoms with van der Waals surface area (Å²) in [6, 6.07) is 0. The van der Waals surface area contributed by atoms with Crippen LogP contribution < -0.4 is 16.4 Å². The summed E-state index contributed by atoms with van der Waals surface area (Å²) in [5, 5.41) is 44.5. The van der Waals surface area contributed by atoms with Crippen LogP contribution in [0, 0.1) is 5.41 Å². The summed E-state index contributed by atoms with van der Waals surface area (Å²) in [7, 11) is -16.4. The lowest BCUT2D eigenvalue weighted by atomic mass is 9.87. The average molecular weight is 870 g/mol. The van der Waals surface area contributed by atoms with Gasteiger partial charge in [0.15, 0.2) is 17.7 Å². The number of nitrogens with two attached hydrogens (primary N) is 1. The molecule has 1 aliphatic rings. The minimum absolute atomic E-state index is 0.0219. The average Bonchev–Trinajstić information content (AvgIpc) is 3.63. The normalized spacial score (nSPS) is 22.4. The molecule has 30 heteroatoms. The highest BCUT2D eigenvalue weighted by atomic mass is 32.2. The van der Waals surface area contributed by atoms with Crippen molar-refractivity contribution in [3.05, 3.63) is 12.7 Å². The monoisotopic (exact) mass is 869 g/mol. The van der Waals surface area contributed by atoms with Gasteiger partial charge >= 0.3 is 29.4 Å². The number of aliphatic hydroxyl groups excluding tert-OH is 3. The number of phosphoric acid groups is 3. The first kappa shape index (κ1) is 46.7. The van der Waals surface area contributed by atoms with Crippen molar-refractivity contribution in [1.82, 2.24) is 30.2 Å². The van der Waals surface area contributed by atoms with E-state index in [9.17, 15) is 63.0 Å². The Hall–Kier alpha value is -2.68. The Bertz CT molecular complexity index is 1800. The molecular weight excluding hydrogens is 827 g/mol. The van der Waals surface area contributed by atoms with Crippen LogP contribution in [-0.4, -0.2) is 139 Å². The van der Waals surface area contributed by atoms with E-state index in [0.29, 0.717) is 0 Å². The van der Waals surface area contributed by atoms with E-state index in [2.05, 4.69) is 34.4 Å². The van der Waals surface area contributed by atoms with Crippen molar-refractivity contribution < 1.29 is 90.7 Å². The van der Waals surface area contributed by atoms with Crippen molar-refractivity contribution in [3.8, 4) is 0 Å². The molecule has 2 amide bonds. The number of amides is 2. The van der Waals surface area contributed by atoms with E-state index in [0.717, 1.165) is 29.0 Å². The van der Waals surface area contributed by atoms with Crippen molar-refractivity contribution in [2.75, 3.05) is 37.8 Å². The zero-order valence-corrected chi connectivity index (χ0v) is 32.5. The number of thioether (sulfide) groups is 1. The lowest BCUT2D eigenvalue weighted by molar-refractivity contribution is -0.138. The number of hydrogen-bond acceptors (Lipinski definition) is 19. The fourth-order valence-corrected chi connectivity index (χ4v) is 8.26. The van der Waals surface area contributed by atoms with Gasteiger partial charge in [0.05, 0.1) is 25.0 Å². The number of carbonyl (C=O) groups excluding carboxylic acids is 2. The number of anilines is 1. The molecule has 3 heterocycles. The van der Waals surface area contributed by atoms with E-state index in [4.69, 9.17) is 24.6 Å². The zero-order chi connectivity index (χ0) is 41.4. The molecule has 1 aliphatic heterocycles. The quantitative estimate of drug-likeness (QED) is 0.0337. The molecule has 0 saturated carbocycles. The van der Waals surface area contributed by atoms with Crippen LogP contribution in [0.4, 0.5) is 5.82 Å². The summed E-state index contributed by atoms with van der Waals surface area (Å²) in [5.41, 5.74) is 3.29. The van der Waals surface area contributed by atoms with E-state index in [1.165, 1.54) is 13.8 Å². The van der Waals surface area contributed by atoms with Crippen LogP contribution in [0.2, 0.25) is 0 Å². The summed E-state index contributed by atoms with van der Waals surface area (Å²) in [6.45, 7) is 0.316. The third-order valence-electron chi connectivity index (χ3n) is 7.42. The highest BCUT2D eigenvalue weighted by Crippen LogP contribution is 2.61. The number of fused-ring (bicyclic) bond motifs is 1. The minimum Gasteiger partial charge on any atom is -0.481 e. The standard InChI is InChI=1S/C25H42N7O19P3S/c1-25(2,20(38)23(39)28-6-5-14(33)27-7-8-55-16(36)4-3-15(34)35)10-48-54(45,46)51-53(43,44)47-9-13-19(50-52(40,41)42)18(37)24(49-13)32-12-31-17-21(26)29-11-30-22(17)32/h11-13,16,18-20,24,36-38H,3-10H2,1-2H3,(H,27,33)(H,28,39)(H,34,35)(H,43,44)(H,45,46)(H2,26,29,30)(H2,40,41,42)/t13-,16?,18-,19-,20+,24-/m1/s1. The molecule has 55 heavy (non-hydrogen) atoms. The van der Waals surface area contributed by atoms with Gasteiger partial charge in [0.2, 0.25) is 11.8 Å². The Morgan fingerprint density at radius 1 is 1.04 bits per heavy atom. The first-order chi connectivity index (χ1) is 25.4. The van der Waals surface area contributed by atoms with E-state index in [1.54, 1.807) is 0 Å². The van der Waals surface area contributed by atoms with Crippen LogP contribution in [0.5, 0.6) is 0 Å². The summed E-state index contributed by atoms with van der Waals surface area (Å²) in [4.78, 5) is 85.9. The molecular formula is C25H42N7O19P3S. The minimum atomic E-state index is -5.58. The third kappa shape index (κ3) is 14.6. The number of nitrogens with one attached hydrogen (secondary N) is 2. The van der Waals surface area contributed by atoms with Crippen molar-refractivity contribution >= 4 is 70.0 Å². The van der Waals surface area contributed by atoms with Crippen LogP contribution in [0.15, 0.2) is 12.7 Å². The molecule has 0 spiro atoms. The maximum atomic E-state index is 12.6. The summed E-state index contributed by atoms with van der Waals surface area (Å²) in [6.07, 6.45) is -7.21. The fraction of sp³-hybridized carbons (Fsp3) is 0.680. The highest BCUT2D eigenvalue weighted by molar-refractivity contribution is 7.99. The predicted molar refractivity (Wildman–Crippen MR) is 185 cm³/mol. The maximum absolute atomic E-state index is 12.6. The van der Waals surface area contributed by atoms with Crippen molar-refractivity contribution in [2.24, 2.45) is 5.41 Å². The van der Waals surface area contributed by atoms with Gasteiger partial charge in [0.25, 0.3) is 0 Å². The third-order valence-corrected chi connectivity index (χ3v) is 11.6. The molecule has 0 bridgehead atoms. The Morgan fingerprint density at radius 3 is 2.36 bits per heavy atom. The first-order valence-electron chi connectivity index (χ1n) is 15.8. The molecule has 0 radical (unpaired) electrons. The van der Waals surface area contributed by atoms with Crippen LogP contribution in [0.1, 0.15) is 39.3 Å². The number of carboxylic acids is 1. The van der Waals surface area contributed by atoms with E-state index in [1.807, 2.05) is 0 Å². The number of aliphatic carboxylic acids is 1. The number of imidazole rings is 1. The fourth-order valence-electron chi connectivity index (χ4n) is 4.66. The first-order valence-corrected chi connectivity index (χ1v) is 21.4. The van der Waals surface area contributed by atoms with Gasteiger partial charge < -0.3 is 61.1 Å². The Balaban J connectivity index is 1.49. The van der Waals surface area contributed by atoms with Crippen molar-refractivity contribution in [2.45, 2.75) is 69.2 Å². The van der Waals surface area contributed by atoms with Gasteiger partial charge in [-0.15, -0.1) is 11.8 Å². The van der Waals surface area contributed by atoms with Gasteiger partial charge in [-0.3, -0.25) is 32.5 Å². The lowest BCUT2D eigenvalue weighted by Crippen LogP contribution is -2.46. The Kier molecular flexibility index (Phi) is 16.7. The molecule has 2 aromatic heterocycles. The molecule has 1 fully saturated rings. The number of carboxylic acid groups (broad SMARTS) is 1. The smallest absolute Gasteiger partial charge is 0.481 e. The van der Waals surface area contributed by atoms with Crippen molar-refractivity contribution in [3.63, 3.8) is 0 Å². The number of rotatable bonds is 23. The number of aliphatic hydroxyl groups is 3. The number of nitrogen functional groups attached to an aromatic ring is 1. The number of hydrogen-bond donors (Lipinski definition) is 11. The Morgan fingerprint density at radius 2 is 1.71 bits per heavy atom. The zero-order valence-electron chi connectivity index (χ0n) is 29.0. The topological polar surface area (TPSA) is 404 Å². The molecule has 312 valence electrons. The SMILES string of the molecule is CC(C)(COP(=O)(O)OP(=O)(O)OC[C@H]1O[C@@H](n2cnc3c(N)ncnc32)[C@H](O)[C@@H]1OP(=O)(O)O)[C@@H](O)C(=O)NCCC(=O)NCCSC(O)CCC(=O)O. The molecule has 1 saturated heterocycles. The van der Waals surface area contributed by atoms with Crippen LogP contribution in [0.25, 0.3) is 11.2 Å². The molecule has 0 aliphatic carbocycles. The van der Waals surface area contributed by atoms with E-state index in [-0.39, 0.29) is 55.1 Å². The van der Waals surface area contributed by atoms with E-state index >= 15 is 0 Å².